The van der Waals surface area contributed by atoms with Crippen molar-refractivity contribution in [3.8, 4) is 0 Å². The molecule has 150 valence electrons. The van der Waals surface area contributed by atoms with E-state index in [4.69, 9.17) is 4.74 Å². The third kappa shape index (κ3) is 5.06. The molecular weight excluding hydrogens is 372 g/mol. The van der Waals surface area contributed by atoms with Gasteiger partial charge >= 0.3 is 5.97 Å². The third-order valence-electron chi connectivity index (χ3n) is 4.51. The monoisotopic (exact) mass is 398 g/mol. The molecule has 0 aromatic heterocycles. The van der Waals surface area contributed by atoms with E-state index in [1.165, 1.54) is 12.1 Å². The summed E-state index contributed by atoms with van der Waals surface area (Å²) in [5, 5.41) is 12.5. The minimum atomic E-state index is -3.99. The summed E-state index contributed by atoms with van der Waals surface area (Å²) in [5.74, 6) is -1.29. The highest BCUT2D eigenvalue weighted by Crippen LogP contribution is 2.28. The molecule has 2 rings (SSSR count). The average molecular weight is 398 g/mol. The highest BCUT2D eigenvalue weighted by atomic mass is 32.2. The second-order valence-electron chi connectivity index (χ2n) is 6.68. The Morgan fingerprint density at radius 1 is 1.30 bits per heavy atom. The lowest BCUT2D eigenvalue weighted by molar-refractivity contribution is -0.151. The number of β-amino-alcohol motifs (C(OH)–C–C–N with tert-alkyl or cyclic N) is 1. The topological polar surface area (TPSA) is 113 Å². The molecule has 9 heteroatoms. The maximum Gasteiger partial charge on any atom is 0.325 e. The Bertz CT molecular complexity index is 808. The van der Waals surface area contributed by atoms with Crippen molar-refractivity contribution in [3.05, 3.63) is 29.3 Å². The summed E-state index contributed by atoms with van der Waals surface area (Å²) in [6.07, 6.45) is -0.298. The largest absolute Gasteiger partial charge is 0.454 e. The molecular formula is C18H26N2O6S. The van der Waals surface area contributed by atoms with Gasteiger partial charge < -0.3 is 15.2 Å². The van der Waals surface area contributed by atoms with Crippen LogP contribution in [0.4, 0.5) is 0 Å². The van der Waals surface area contributed by atoms with Crippen LogP contribution in [0.5, 0.6) is 0 Å². The van der Waals surface area contributed by atoms with Crippen LogP contribution in [0.15, 0.2) is 23.1 Å². The molecule has 1 fully saturated rings. The Kier molecular flexibility index (Phi) is 6.96. The number of ether oxygens (including phenoxy) is 1. The van der Waals surface area contributed by atoms with Crippen LogP contribution in [-0.4, -0.2) is 61.5 Å². The van der Waals surface area contributed by atoms with Gasteiger partial charge in [0.25, 0.3) is 5.91 Å². The van der Waals surface area contributed by atoms with Crippen LogP contribution in [0.25, 0.3) is 0 Å². The molecule has 2 atom stereocenters. The molecule has 1 saturated heterocycles. The number of hydrogen-bond donors (Lipinski definition) is 2. The Balaban J connectivity index is 2.15. The van der Waals surface area contributed by atoms with E-state index in [2.05, 4.69) is 5.32 Å². The number of aryl methyl sites for hydroxylation is 2. The fourth-order valence-electron chi connectivity index (χ4n) is 2.82. The number of hydrogen-bond acceptors (Lipinski definition) is 6. The second kappa shape index (κ2) is 8.81. The first kappa shape index (κ1) is 21.3. The quantitative estimate of drug-likeness (QED) is 0.647. The van der Waals surface area contributed by atoms with Crippen molar-refractivity contribution in [1.29, 1.82) is 0 Å². The standard InChI is InChI=1S/C18H26N2O6S/c1-4-7-19-17(22)11-26-18(23)16-9-14(21)10-20(16)27(24,25)15-6-5-12(2)13(3)8-15/h5-6,8,14,16,21H,4,7,9-11H2,1-3H3,(H,19,22). The van der Waals surface area contributed by atoms with E-state index >= 15 is 0 Å². The molecule has 1 aliphatic heterocycles. The van der Waals surface area contributed by atoms with Crippen LogP contribution >= 0.6 is 0 Å². The number of nitrogens with one attached hydrogen (secondary N) is 1. The number of amides is 1. The van der Waals surface area contributed by atoms with E-state index in [1.54, 1.807) is 13.0 Å². The minimum absolute atomic E-state index is 0.0539. The van der Waals surface area contributed by atoms with Crippen molar-refractivity contribution in [2.45, 2.75) is 50.7 Å². The van der Waals surface area contributed by atoms with Crippen molar-refractivity contribution < 1.29 is 27.9 Å². The van der Waals surface area contributed by atoms with E-state index in [9.17, 15) is 23.1 Å². The predicted octanol–water partition coefficient (Wildman–Crippen LogP) is 0.497. The molecule has 1 aromatic carbocycles. The van der Waals surface area contributed by atoms with Gasteiger partial charge in [0.05, 0.1) is 11.0 Å². The van der Waals surface area contributed by atoms with Gasteiger partial charge in [-0.05, 0) is 43.5 Å². The molecule has 0 radical (unpaired) electrons. The lowest BCUT2D eigenvalue weighted by Crippen LogP contribution is -2.42. The third-order valence-corrected chi connectivity index (χ3v) is 6.38. The van der Waals surface area contributed by atoms with E-state index in [0.717, 1.165) is 21.9 Å². The van der Waals surface area contributed by atoms with Gasteiger partial charge in [-0.2, -0.15) is 4.31 Å². The number of sulfonamides is 1. The first-order chi connectivity index (χ1) is 12.7. The van der Waals surface area contributed by atoms with Crippen molar-refractivity contribution in [2.24, 2.45) is 0 Å². The van der Waals surface area contributed by atoms with Gasteiger partial charge in [-0.15, -0.1) is 0 Å². The summed E-state index contributed by atoms with van der Waals surface area (Å²) in [5.41, 5.74) is 1.76. The van der Waals surface area contributed by atoms with Gasteiger partial charge in [-0.25, -0.2) is 8.42 Å². The van der Waals surface area contributed by atoms with Gasteiger partial charge in [0.1, 0.15) is 6.04 Å². The summed E-state index contributed by atoms with van der Waals surface area (Å²) in [6, 6.07) is 3.55. The normalized spacial score (nSPS) is 20.4. The van der Waals surface area contributed by atoms with Crippen LogP contribution in [-0.2, 0) is 24.3 Å². The minimum Gasteiger partial charge on any atom is -0.454 e. The highest BCUT2D eigenvalue weighted by Gasteiger charge is 2.44. The zero-order valence-electron chi connectivity index (χ0n) is 15.8. The molecule has 2 N–H and O–H groups in total. The Labute approximate surface area is 159 Å². The van der Waals surface area contributed by atoms with E-state index in [1.807, 2.05) is 13.8 Å². The average Bonchev–Trinajstić information content (AvgIpc) is 3.02. The van der Waals surface area contributed by atoms with Gasteiger partial charge in [0.2, 0.25) is 10.0 Å². The summed E-state index contributed by atoms with van der Waals surface area (Å²) in [7, 11) is -3.99. The number of benzene rings is 1. The maximum atomic E-state index is 13.0. The van der Waals surface area contributed by atoms with Crippen molar-refractivity contribution >= 4 is 21.9 Å². The van der Waals surface area contributed by atoms with Crippen LogP contribution in [0.2, 0.25) is 0 Å². The summed E-state index contributed by atoms with van der Waals surface area (Å²) < 4.78 is 31.9. The molecule has 8 nitrogen and oxygen atoms in total. The zero-order chi connectivity index (χ0) is 20.2. The summed E-state index contributed by atoms with van der Waals surface area (Å²) in [4.78, 5) is 24.0. The number of aliphatic hydroxyl groups is 1. The highest BCUT2D eigenvalue weighted by molar-refractivity contribution is 7.89. The molecule has 1 amide bonds. The van der Waals surface area contributed by atoms with Crippen LogP contribution in [0, 0.1) is 13.8 Å². The number of carbonyl (C=O) groups is 2. The molecule has 27 heavy (non-hydrogen) atoms. The van der Waals surface area contributed by atoms with E-state index in [0.29, 0.717) is 6.54 Å². The predicted molar refractivity (Wildman–Crippen MR) is 98.5 cm³/mol. The first-order valence-corrected chi connectivity index (χ1v) is 10.3. The number of rotatable bonds is 7. The Morgan fingerprint density at radius 2 is 2.00 bits per heavy atom. The first-order valence-electron chi connectivity index (χ1n) is 8.87. The summed E-state index contributed by atoms with van der Waals surface area (Å²) >= 11 is 0. The Morgan fingerprint density at radius 3 is 2.63 bits per heavy atom. The molecule has 1 heterocycles. The molecule has 0 aliphatic carbocycles. The SMILES string of the molecule is CCCNC(=O)COC(=O)C1CC(O)CN1S(=O)(=O)c1ccc(C)c(C)c1. The lowest BCUT2D eigenvalue weighted by Gasteiger charge is -2.22. The smallest absolute Gasteiger partial charge is 0.325 e. The van der Waals surface area contributed by atoms with Gasteiger partial charge in [0, 0.05) is 19.5 Å². The maximum absolute atomic E-state index is 13.0. The fourth-order valence-corrected chi connectivity index (χ4v) is 4.53. The number of aliphatic hydroxyl groups excluding tert-OH is 1. The lowest BCUT2D eigenvalue weighted by atomic mass is 10.1. The molecule has 0 saturated carbocycles. The number of nitrogens with zero attached hydrogens (tertiary/aromatic N) is 1. The van der Waals surface area contributed by atoms with E-state index < -0.39 is 40.7 Å². The molecule has 0 spiro atoms. The fraction of sp³-hybridized carbons (Fsp3) is 0.556. The zero-order valence-corrected chi connectivity index (χ0v) is 16.6. The molecule has 2 unspecified atom stereocenters. The number of carbonyl (C=O) groups excluding carboxylic acids is 2. The van der Waals surface area contributed by atoms with Gasteiger partial charge in [-0.3, -0.25) is 9.59 Å². The van der Waals surface area contributed by atoms with Crippen molar-refractivity contribution in [3.63, 3.8) is 0 Å². The molecule has 1 aromatic rings. The van der Waals surface area contributed by atoms with Gasteiger partial charge in [-0.1, -0.05) is 13.0 Å². The second-order valence-corrected chi connectivity index (χ2v) is 8.57. The van der Waals surface area contributed by atoms with E-state index in [-0.39, 0.29) is 17.9 Å². The van der Waals surface area contributed by atoms with Crippen molar-refractivity contribution in [2.75, 3.05) is 19.7 Å². The number of esters is 1. The van der Waals surface area contributed by atoms with Crippen LogP contribution in [0.1, 0.15) is 30.9 Å². The molecule has 0 bridgehead atoms. The summed E-state index contributed by atoms with van der Waals surface area (Å²) in [6.45, 7) is 5.34. The van der Waals surface area contributed by atoms with Crippen LogP contribution in [0.3, 0.4) is 0 Å². The van der Waals surface area contributed by atoms with Gasteiger partial charge in [0.15, 0.2) is 6.61 Å². The molecule has 1 aliphatic rings. The Hall–Kier alpha value is -1.97. The van der Waals surface area contributed by atoms with Crippen LogP contribution < -0.4 is 5.32 Å². The van der Waals surface area contributed by atoms with Crippen molar-refractivity contribution in [1.82, 2.24) is 9.62 Å².